The molecule has 0 spiro atoms. The van der Waals surface area contributed by atoms with E-state index in [-0.39, 0.29) is 24.8 Å². The number of allylic oxidation sites excluding steroid dienone is 1. The Morgan fingerprint density at radius 3 is 2.18 bits per heavy atom. The number of hydrazine groups is 1. The summed E-state index contributed by atoms with van der Waals surface area (Å²) in [6.45, 7) is 7.23. The van der Waals surface area contributed by atoms with Crippen LogP contribution in [-0.4, -0.2) is 52.2 Å². The van der Waals surface area contributed by atoms with Crippen molar-refractivity contribution in [2.45, 2.75) is 46.6 Å². The first-order valence-corrected chi connectivity index (χ1v) is 11.2. The van der Waals surface area contributed by atoms with Crippen molar-refractivity contribution >= 4 is 23.8 Å². The number of hydroxylamine groups is 1. The molecule has 9 nitrogen and oxygen atoms in total. The van der Waals surface area contributed by atoms with Crippen LogP contribution in [0.25, 0.3) is 6.08 Å². The predicted octanol–water partition coefficient (Wildman–Crippen LogP) is 1.71. The standard InChI is InChI=1S/C24H38N4O5/c1-16(2)13-20(22(30)26-28(14-17(3)4)24(32)21(25)15-29)19(23(31)27-33)12-8-11-18-9-6-5-7-10-18/h5-11,16-17,19-21,29,33H,12-15,25H2,1-4H3,(H,26,30)(H,27,31)/t19-,20+,21-/m0/s1. The van der Waals surface area contributed by atoms with Crippen LogP contribution < -0.4 is 16.6 Å². The summed E-state index contributed by atoms with van der Waals surface area (Å²) in [5.74, 6) is -3.40. The summed E-state index contributed by atoms with van der Waals surface area (Å²) in [5.41, 5.74) is 10.9. The molecule has 0 fully saturated rings. The molecule has 33 heavy (non-hydrogen) atoms. The Balaban J connectivity index is 3.15. The van der Waals surface area contributed by atoms with E-state index in [4.69, 9.17) is 5.73 Å². The zero-order valence-electron chi connectivity index (χ0n) is 19.9. The number of nitrogens with two attached hydrogens (primary N) is 1. The molecule has 0 aliphatic carbocycles. The number of amides is 3. The highest BCUT2D eigenvalue weighted by Gasteiger charge is 2.35. The molecule has 1 aromatic carbocycles. The van der Waals surface area contributed by atoms with Crippen molar-refractivity contribution in [2.24, 2.45) is 29.4 Å². The van der Waals surface area contributed by atoms with E-state index in [0.717, 1.165) is 10.6 Å². The molecule has 1 rings (SSSR count). The molecule has 0 aliphatic heterocycles. The van der Waals surface area contributed by atoms with Crippen molar-refractivity contribution in [2.75, 3.05) is 13.2 Å². The molecule has 0 heterocycles. The normalized spacial score (nSPS) is 14.2. The second kappa shape index (κ2) is 14.4. The minimum Gasteiger partial charge on any atom is -0.394 e. The van der Waals surface area contributed by atoms with Crippen molar-refractivity contribution in [3.8, 4) is 0 Å². The van der Waals surface area contributed by atoms with Crippen molar-refractivity contribution in [3.05, 3.63) is 42.0 Å². The maximum atomic E-state index is 13.3. The van der Waals surface area contributed by atoms with E-state index in [2.05, 4.69) is 5.43 Å². The molecule has 0 aliphatic rings. The average Bonchev–Trinajstić information content (AvgIpc) is 2.78. The maximum absolute atomic E-state index is 13.3. The lowest BCUT2D eigenvalue weighted by molar-refractivity contribution is -0.148. The molecule has 0 aromatic heterocycles. The smallest absolute Gasteiger partial charge is 0.260 e. The first-order chi connectivity index (χ1) is 15.6. The zero-order valence-corrected chi connectivity index (χ0v) is 19.9. The third kappa shape index (κ3) is 9.73. The van der Waals surface area contributed by atoms with Gasteiger partial charge in [0.1, 0.15) is 6.04 Å². The van der Waals surface area contributed by atoms with Gasteiger partial charge >= 0.3 is 0 Å². The monoisotopic (exact) mass is 462 g/mol. The maximum Gasteiger partial charge on any atom is 0.260 e. The fourth-order valence-corrected chi connectivity index (χ4v) is 3.46. The molecule has 1 aromatic rings. The number of carbonyl (C=O) groups is 3. The highest BCUT2D eigenvalue weighted by Crippen LogP contribution is 2.25. The third-order valence-corrected chi connectivity index (χ3v) is 5.07. The number of hydrogen-bond acceptors (Lipinski definition) is 6. The van der Waals surface area contributed by atoms with E-state index in [1.54, 1.807) is 11.6 Å². The fraction of sp³-hybridized carbons (Fsp3) is 0.542. The quantitative estimate of drug-likeness (QED) is 0.236. The molecular formula is C24H38N4O5. The van der Waals surface area contributed by atoms with Crippen LogP contribution in [0.5, 0.6) is 0 Å². The van der Waals surface area contributed by atoms with Crippen molar-refractivity contribution in [3.63, 3.8) is 0 Å². The molecule has 0 saturated carbocycles. The highest BCUT2D eigenvalue weighted by atomic mass is 16.5. The van der Waals surface area contributed by atoms with Crippen LogP contribution in [0.4, 0.5) is 0 Å². The minimum atomic E-state index is -1.17. The average molecular weight is 463 g/mol. The lowest BCUT2D eigenvalue weighted by Crippen LogP contribution is -2.56. The largest absolute Gasteiger partial charge is 0.394 e. The number of benzene rings is 1. The van der Waals surface area contributed by atoms with Gasteiger partial charge in [-0.3, -0.25) is 30.0 Å². The summed E-state index contributed by atoms with van der Waals surface area (Å²) >= 11 is 0. The minimum absolute atomic E-state index is 0.0223. The number of nitrogens with zero attached hydrogens (tertiary/aromatic N) is 1. The van der Waals surface area contributed by atoms with E-state index in [0.29, 0.717) is 6.42 Å². The van der Waals surface area contributed by atoms with Crippen molar-refractivity contribution < 1.29 is 24.7 Å². The second-order valence-electron chi connectivity index (χ2n) is 8.98. The number of carbonyl (C=O) groups excluding carboxylic acids is 3. The van der Waals surface area contributed by atoms with Gasteiger partial charge in [-0.15, -0.1) is 0 Å². The predicted molar refractivity (Wildman–Crippen MR) is 126 cm³/mol. The number of rotatable bonds is 12. The van der Waals surface area contributed by atoms with Gasteiger partial charge < -0.3 is 10.8 Å². The SMILES string of the molecule is CC(C)C[C@@H](C(=O)NN(CC(C)C)C(=O)[C@@H](N)CO)[C@H](CC=Cc1ccccc1)C(=O)NO. The van der Waals surface area contributed by atoms with Crippen LogP contribution in [0, 0.1) is 23.7 Å². The van der Waals surface area contributed by atoms with Crippen molar-refractivity contribution in [1.29, 1.82) is 0 Å². The summed E-state index contributed by atoms with van der Waals surface area (Å²) in [6, 6.07) is 8.34. The van der Waals surface area contributed by atoms with Crippen molar-refractivity contribution in [1.82, 2.24) is 15.9 Å². The van der Waals surface area contributed by atoms with E-state index < -0.39 is 42.2 Å². The molecule has 0 radical (unpaired) electrons. The van der Waals surface area contributed by atoms with Crippen LogP contribution in [0.15, 0.2) is 36.4 Å². The number of aliphatic hydroxyl groups is 1. The molecule has 3 amide bonds. The van der Waals surface area contributed by atoms with Crippen LogP contribution in [0.3, 0.4) is 0 Å². The summed E-state index contributed by atoms with van der Waals surface area (Å²) in [6.07, 6.45) is 4.20. The number of aliphatic hydroxyl groups excluding tert-OH is 1. The van der Waals surface area contributed by atoms with Gasteiger partial charge in [0.25, 0.3) is 5.91 Å². The first kappa shape index (κ1) is 28.3. The molecule has 0 bridgehead atoms. The first-order valence-electron chi connectivity index (χ1n) is 11.2. The van der Waals surface area contributed by atoms with E-state index in [9.17, 15) is 24.7 Å². The topological polar surface area (TPSA) is 145 Å². The Labute approximate surface area is 196 Å². The van der Waals surface area contributed by atoms with Gasteiger partial charge in [-0.2, -0.15) is 0 Å². The molecule has 184 valence electrons. The summed E-state index contributed by atoms with van der Waals surface area (Å²) < 4.78 is 0. The van der Waals surface area contributed by atoms with Crippen LogP contribution in [-0.2, 0) is 14.4 Å². The van der Waals surface area contributed by atoms with E-state index in [1.165, 1.54) is 0 Å². The van der Waals surface area contributed by atoms with Gasteiger partial charge in [-0.25, -0.2) is 5.48 Å². The Hall–Kier alpha value is -2.75. The van der Waals surface area contributed by atoms with Crippen LogP contribution in [0.1, 0.15) is 46.1 Å². The van der Waals surface area contributed by atoms with Gasteiger partial charge in [-0.1, -0.05) is 70.2 Å². The summed E-state index contributed by atoms with van der Waals surface area (Å²) in [5, 5.41) is 19.7. The van der Waals surface area contributed by atoms with E-state index >= 15 is 0 Å². The van der Waals surface area contributed by atoms with Gasteiger partial charge in [0, 0.05) is 6.54 Å². The lowest BCUT2D eigenvalue weighted by atomic mass is 9.82. The summed E-state index contributed by atoms with van der Waals surface area (Å²) in [7, 11) is 0. The molecular weight excluding hydrogens is 424 g/mol. The molecule has 0 unspecified atom stereocenters. The zero-order chi connectivity index (χ0) is 25.0. The lowest BCUT2D eigenvalue weighted by Gasteiger charge is -2.31. The Morgan fingerprint density at radius 2 is 1.67 bits per heavy atom. The number of nitrogens with one attached hydrogen (secondary N) is 2. The Kier molecular flexibility index (Phi) is 12.3. The number of hydrogen-bond donors (Lipinski definition) is 5. The molecule has 6 N–H and O–H groups in total. The molecule has 0 saturated heterocycles. The Morgan fingerprint density at radius 1 is 1.03 bits per heavy atom. The van der Waals surface area contributed by atoms with Gasteiger partial charge in [0.15, 0.2) is 0 Å². The molecule has 9 heteroatoms. The van der Waals surface area contributed by atoms with Gasteiger partial charge in [0.05, 0.1) is 18.4 Å². The van der Waals surface area contributed by atoms with Crippen LogP contribution >= 0.6 is 0 Å². The fourth-order valence-electron chi connectivity index (χ4n) is 3.46. The van der Waals surface area contributed by atoms with Crippen LogP contribution in [0.2, 0.25) is 0 Å². The molecule has 3 atom stereocenters. The second-order valence-corrected chi connectivity index (χ2v) is 8.98. The van der Waals surface area contributed by atoms with Gasteiger partial charge in [-0.05, 0) is 30.2 Å². The third-order valence-electron chi connectivity index (χ3n) is 5.07. The Bertz CT molecular complexity index is 782. The van der Waals surface area contributed by atoms with E-state index in [1.807, 2.05) is 64.1 Å². The van der Waals surface area contributed by atoms with Gasteiger partial charge in [0.2, 0.25) is 11.8 Å². The highest BCUT2D eigenvalue weighted by molar-refractivity contribution is 5.89. The summed E-state index contributed by atoms with van der Waals surface area (Å²) in [4.78, 5) is 38.4.